The Morgan fingerprint density at radius 1 is 1.23 bits per heavy atom. The summed E-state index contributed by atoms with van der Waals surface area (Å²) in [4.78, 5) is 15.2. The van der Waals surface area contributed by atoms with Crippen LogP contribution in [-0.4, -0.2) is 16.7 Å². The van der Waals surface area contributed by atoms with Crippen molar-refractivity contribution in [3.8, 4) is 27.8 Å². The van der Waals surface area contributed by atoms with E-state index in [-0.39, 0.29) is 24.8 Å². The molecule has 2 heterocycles. The monoisotopic (exact) mass is 370 g/mol. The smallest absolute Gasteiger partial charge is 0.310 e. The molecule has 132 valence electrons. The molecule has 0 saturated heterocycles. The maximum atomic E-state index is 11.1. The number of nitro groups is 1. The topological polar surface area (TPSA) is 83.7 Å². The number of benzene rings is 2. The third kappa shape index (κ3) is 3.18. The van der Waals surface area contributed by atoms with Crippen LogP contribution in [0, 0.1) is 17.0 Å². The van der Waals surface area contributed by atoms with Gasteiger partial charge in [-0.3, -0.25) is 10.1 Å². The summed E-state index contributed by atoms with van der Waals surface area (Å²) < 4.78 is 16.3. The Bertz CT molecular complexity index is 985. The summed E-state index contributed by atoms with van der Waals surface area (Å²) in [5.41, 5.74) is 2.47. The van der Waals surface area contributed by atoms with Crippen LogP contribution in [0.3, 0.4) is 0 Å². The maximum absolute atomic E-state index is 11.1. The van der Waals surface area contributed by atoms with Crippen molar-refractivity contribution in [1.82, 2.24) is 4.98 Å². The predicted octanol–water partition coefficient (Wildman–Crippen LogP) is 4.33. The molecule has 0 saturated carbocycles. The fraction of sp³-hybridized carbons (Fsp3) is 0.167. The molecule has 7 nitrogen and oxygen atoms in total. The number of aromatic nitrogens is 1. The zero-order valence-corrected chi connectivity index (χ0v) is 14.6. The molecule has 0 atom stereocenters. The number of aryl methyl sites for hydroxylation is 1. The Labute approximate surface area is 152 Å². The molecule has 0 amide bonds. The molecule has 1 aromatic heterocycles. The lowest BCUT2D eigenvalue weighted by molar-refractivity contribution is -0.386. The van der Waals surface area contributed by atoms with Crippen molar-refractivity contribution in [3.05, 3.63) is 63.1 Å². The van der Waals surface area contributed by atoms with Crippen molar-refractivity contribution in [2.75, 3.05) is 6.79 Å². The second kappa shape index (κ2) is 6.64. The van der Waals surface area contributed by atoms with E-state index >= 15 is 0 Å². The first-order chi connectivity index (χ1) is 12.6. The molecule has 0 radical (unpaired) electrons. The number of ether oxygens (including phenoxy) is 3. The van der Waals surface area contributed by atoms with Crippen molar-refractivity contribution in [2.24, 2.45) is 0 Å². The number of rotatable bonds is 5. The van der Waals surface area contributed by atoms with Gasteiger partial charge in [0.25, 0.3) is 0 Å². The van der Waals surface area contributed by atoms with E-state index < -0.39 is 4.92 Å². The minimum atomic E-state index is -0.451. The maximum Gasteiger partial charge on any atom is 0.310 e. The SMILES string of the molecule is Cc1ccc([N+](=O)[O-])c(OCc2csc(-c3ccc4c(c3)OCO4)n2)c1. The summed E-state index contributed by atoms with van der Waals surface area (Å²) in [5, 5.41) is 13.8. The largest absolute Gasteiger partial charge is 0.480 e. The van der Waals surface area contributed by atoms with Crippen molar-refractivity contribution < 1.29 is 19.1 Å². The normalized spacial score (nSPS) is 12.2. The zero-order valence-electron chi connectivity index (χ0n) is 13.8. The summed E-state index contributed by atoms with van der Waals surface area (Å²) in [6, 6.07) is 10.4. The molecule has 3 aromatic rings. The highest BCUT2D eigenvalue weighted by Crippen LogP contribution is 2.37. The van der Waals surface area contributed by atoms with Gasteiger partial charge < -0.3 is 14.2 Å². The van der Waals surface area contributed by atoms with Crippen molar-refractivity contribution in [1.29, 1.82) is 0 Å². The molecular weight excluding hydrogens is 356 g/mol. The van der Waals surface area contributed by atoms with E-state index in [1.807, 2.05) is 30.5 Å². The number of nitrogens with zero attached hydrogens (tertiary/aromatic N) is 2. The molecule has 2 aromatic carbocycles. The molecule has 0 unspecified atom stereocenters. The molecule has 0 spiro atoms. The van der Waals surface area contributed by atoms with Gasteiger partial charge in [0, 0.05) is 17.0 Å². The average Bonchev–Trinajstić information content (AvgIpc) is 3.28. The van der Waals surface area contributed by atoms with E-state index in [2.05, 4.69) is 4.98 Å². The van der Waals surface area contributed by atoms with Crippen LogP contribution in [0.1, 0.15) is 11.3 Å². The summed E-state index contributed by atoms with van der Waals surface area (Å²) >= 11 is 1.48. The quantitative estimate of drug-likeness (QED) is 0.491. The Balaban J connectivity index is 1.51. The molecule has 26 heavy (non-hydrogen) atoms. The summed E-state index contributed by atoms with van der Waals surface area (Å²) in [6.07, 6.45) is 0. The molecule has 8 heteroatoms. The van der Waals surface area contributed by atoms with Crippen LogP contribution in [-0.2, 0) is 6.61 Å². The van der Waals surface area contributed by atoms with Gasteiger partial charge in [0.05, 0.1) is 10.6 Å². The lowest BCUT2D eigenvalue weighted by Crippen LogP contribution is -2.00. The second-order valence-electron chi connectivity index (χ2n) is 5.73. The number of thiazole rings is 1. The second-order valence-corrected chi connectivity index (χ2v) is 6.59. The first kappa shape index (κ1) is 16.3. The van der Waals surface area contributed by atoms with Crippen molar-refractivity contribution >= 4 is 17.0 Å². The lowest BCUT2D eigenvalue weighted by atomic mass is 10.2. The van der Waals surface area contributed by atoms with E-state index in [1.165, 1.54) is 17.4 Å². The Morgan fingerprint density at radius 3 is 2.92 bits per heavy atom. The third-order valence-electron chi connectivity index (χ3n) is 3.86. The minimum absolute atomic E-state index is 0.0539. The van der Waals surface area contributed by atoms with Crippen LogP contribution in [0.15, 0.2) is 41.8 Å². The highest BCUT2D eigenvalue weighted by atomic mass is 32.1. The molecule has 0 bridgehead atoms. The first-order valence-corrected chi connectivity index (χ1v) is 8.70. The Hall–Kier alpha value is -3.13. The number of hydrogen-bond acceptors (Lipinski definition) is 7. The first-order valence-electron chi connectivity index (χ1n) is 7.82. The molecule has 1 aliphatic rings. The van der Waals surface area contributed by atoms with Gasteiger partial charge in [-0.05, 0) is 36.8 Å². The van der Waals surface area contributed by atoms with Crippen LogP contribution in [0.25, 0.3) is 10.6 Å². The highest BCUT2D eigenvalue weighted by Gasteiger charge is 2.17. The lowest BCUT2D eigenvalue weighted by Gasteiger charge is -2.06. The van der Waals surface area contributed by atoms with Gasteiger partial charge in [-0.25, -0.2) is 4.98 Å². The Kier molecular flexibility index (Phi) is 4.18. The number of hydrogen-bond donors (Lipinski definition) is 0. The van der Waals surface area contributed by atoms with E-state index in [1.54, 1.807) is 12.1 Å². The van der Waals surface area contributed by atoms with E-state index in [9.17, 15) is 10.1 Å². The third-order valence-corrected chi connectivity index (χ3v) is 4.80. The van der Waals surface area contributed by atoms with Crippen molar-refractivity contribution in [3.63, 3.8) is 0 Å². The molecule has 0 aliphatic carbocycles. The molecule has 1 aliphatic heterocycles. The fourth-order valence-corrected chi connectivity index (χ4v) is 3.38. The minimum Gasteiger partial charge on any atom is -0.480 e. The van der Waals surface area contributed by atoms with E-state index in [0.29, 0.717) is 11.4 Å². The van der Waals surface area contributed by atoms with Crippen LogP contribution < -0.4 is 14.2 Å². The van der Waals surface area contributed by atoms with Crippen LogP contribution in [0.4, 0.5) is 5.69 Å². The summed E-state index contributed by atoms with van der Waals surface area (Å²) in [7, 11) is 0. The predicted molar refractivity (Wildman–Crippen MR) is 95.8 cm³/mol. The van der Waals surface area contributed by atoms with Crippen molar-refractivity contribution in [2.45, 2.75) is 13.5 Å². The van der Waals surface area contributed by atoms with Gasteiger partial charge in [-0.15, -0.1) is 11.3 Å². The van der Waals surface area contributed by atoms with Gasteiger partial charge in [-0.2, -0.15) is 0 Å². The molecule has 4 rings (SSSR count). The van der Waals surface area contributed by atoms with Gasteiger partial charge >= 0.3 is 5.69 Å². The average molecular weight is 370 g/mol. The van der Waals surface area contributed by atoms with Crippen LogP contribution in [0.5, 0.6) is 17.2 Å². The van der Waals surface area contributed by atoms with Crippen LogP contribution in [0.2, 0.25) is 0 Å². The van der Waals surface area contributed by atoms with E-state index in [0.717, 1.165) is 21.9 Å². The highest BCUT2D eigenvalue weighted by molar-refractivity contribution is 7.13. The Morgan fingerprint density at radius 2 is 2.08 bits per heavy atom. The van der Waals surface area contributed by atoms with E-state index in [4.69, 9.17) is 14.2 Å². The fourth-order valence-electron chi connectivity index (χ4n) is 2.57. The van der Waals surface area contributed by atoms with Gasteiger partial charge in [-0.1, -0.05) is 6.07 Å². The molecular formula is C18H14N2O5S. The van der Waals surface area contributed by atoms with Gasteiger partial charge in [0.1, 0.15) is 11.6 Å². The van der Waals surface area contributed by atoms with Crippen LogP contribution >= 0.6 is 11.3 Å². The van der Waals surface area contributed by atoms with Gasteiger partial charge in [0.2, 0.25) is 6.79 Å². The zero-order chi connectivity index (χ0) is 18.1. The molecule has 0 fully saturated rings. The summed E-state index contributed by atoms with van der Waals surface area (Å²) in [5.74, 6) is 1.67. The molecule has 0 N–H and O–H groups in total. The number of nitro benzene ring substituents is 1. The van der Waals surface area contributed by atoms with Gasteiger partial charge in [0.15, 0.2) is 17.2 Å². The summed E-state index contributed by atoms with van der Waals surface area (Å²) in [6.45, 7) is 2.24. The number of fused-ring (bicyclic) bond motifs is 1. The standard InChI is InChI=1S/C18H14N2O5S/c1-11-2-4-14(20(21)22)16(6-11)23-8-13-9-26-18(19-13)12-3-5-15-17(7-12)25-10-24-15/h2-7,9H,8,10H2,1H3.